The van der Waals surface area contributed by atoms with Gasteiger partial charge in [-0.2, -0.15) is 0 Å². The first-order valence-electron chi connectivity index (χ1n) is 5.17. The van der Waals surface area contributed by atoms with Crippen molar-refractivity contribution in [1.29, 1.82) is 0 Å². The largest absolute Gasteiger partial charge is 0.330 e. The van der Waals surface area contributed by atoms with Gasteiger partial charge >= 0.3 is 0 Å². The zero-order valence-electron chi connectivity index (χ0n) is 8.85. The molecular formula is C10H15N5. The molecule has 5 heteroatoms. The Bertz CT molecular complexity index is 448. The summed E-state index contributed by atoms with van der Waals surface area (Å²) in [4.78, 5) is 4.23. The van der Waals surface area contributed by atoms with E-state index < -0.39 is 0 Å². The van der Waals surface area contributed by atoms with E-state index in [2.05, 4.69) is 15.2 Å². The Labute approximate surface area is 88.3 Å². The summed E-state index contributed by atoms with van der Waals surface area (Å²) in [5.41, 5.74) is 7.27. The first kappa shape index (κ1) is 10.0. The van der Waals surface area contributed by atoms with Crippen LogP contribution in [0, 0.1) is 6.92 Å². The van der Waals surface area contributed by atoms with E-state index in [1.807, 2.05) is 17.4 Å². The average molecular weight is 205 g/mol. The van der Waals surface area contributed by atoms with Gasteiger partial charge in [-0.1, -0.05) is 0 Å². The standard InChI is InChI=1S/C10H15N5/c1-8-6-10-14-13-9(4-2-3-5-11)15(10)7-12-8/h6-7H,2-5,11H2,1H3. The lowest BCUT2D eigenvalue weighted by Gasteiger charge is -1.98. The average Bonchev–Trinajstić information content (AvgIpc) is 2.61. The topological polar surface area (TPSA) is 69.1 Å². The number of fused-ring (bicyclic) bond motifs is 1. The van der Waals surface area contributed by atoms with Gasteiger partial charge in [-0.25, -0.2) is 4.98 Å². The van der Waals surface area contributed by atoms with Crippen LogP contribution in [0.4, 0.5) is 0 Å². The van der Waals surface area contributed by atoms with Crippen molar-refractivity contribution in [3.8, 4) is 0 Å². The fraction of sp³-hybridized carbons (Fsp3) is 0.500. The van der Waals surface area contributed by atoms with Crippen LogP contribution in [-0.2, 0) is 6.42 Å². The van der Waals surface area contributed by atoms with Crippen molar-refractivity contribution in [2.45, 2.75) is 26.2 Å². The number of rotatable bonds is 4. The highest BCUT2D eigenvalue weighted by atomic mass is 15.3. The molecule has 0 saturated carbocycles. The molecule has 15 heavy (non-hydrogen) atoms. The maximum absolute atomic E-state index is 5.45. The van der Waals surface area contributed by atoms with Gasteiger partial charge < -0.3 is 5.73 Å². The Morgan fingerprint density at radius 2 is 2.20 bits per heavy atom. The summed E-state index contributed by atoms with van der Waals surface area (Å²) in [6.45, 7) is 2.68. The van der Waals surface area contributed by atoms with Crippen LogP contribution in [0.15, 0.2) is 12.4 Å². The van der Waals surface area contributed by atoms with Gasteiger partial charge in [0.2, 0.25) is 0 Å². The molecule has 0 radical (unpaired) electrons. The van der Waals surface area contributed by atoms with Crippen LogP contribution in [0.2, 0.25) is 0 Å². The number of nitrogens with two attached hydrogens (primary N) is 1. The van der Waals surface area contributed by atoms with Crippen LogP contribution < -0.4 is 5.73 Å². The van der Waals surface area contributed by atoms with E-state index in [0.717, 1.165) is 43.0 Å². The Balaban J connectivity index is 2.21. The molecule has 0 aliphatic heterocycles. The molecule has 0 saturated heterocycles. The van der Waals surface area contributed by atoms with Gasteiger partial charge in [-0.15, -0.1) is 10.2 Å². The Kier molecular flexibility index (Phi) is 2.91. The van der Waals surface area contributed by atoms with Crippen LogP contribution in [0.3, 0.4) is 0 Å². The molecule has 2 heterocycles. The van der Waals surface area contributed by atoms with E-state index in [1.165, 1.54) is 0 Å². The fourth-order valence-corrected chi connectivity index (χ4v) is 1.53. The monoisotopic (exact) mass is 205 g/mol. The summed E-state index contributed by atoms with van der Waals surface area (Å²) in [5, 5.41) is 8.24. The molecule has 0 fully saturated rings. The SMILES string of the molecule is Cc1cc2nnc(CCCCN)n2cn1. The van der Waals surface area contributed by atoms with E-state index in [9.17, 15) is 0 Å². The summed E-state index contributed by atoms with van der Waals surface area (Å²) < 4.78 is 1.93. The van der Waals surface area contributed by atoms with Crippen molar-refractivity contribution in [2.75, 3.05) is 6.54 Å². The highest BCUT2D eigenvalue weighted by Gasteiger charge is 2.04. The Morgan fingerprint density at radius 1 is 1.33 bits per heavy atom. The molecule has 2 aromatic rings. The minimum Gasteiger partial charge on any atom is -0.330 e. The van der Waals surface area contributed by atoms with E-state index in [-0.39, 0.29) is 0 Å². The molecule has 0 atom stereocenters. The summed E-state index contributed by atoms with van der Waals surface area (Å²) in [6.07, 6.45) is 4.75. The molecule has 0 aliphatic rings. The quantitative estimate of drug-likeness (QED) is 0.746. The lowest BCUT2D eigenvalue weighted by atomic mass is 10.2. The van der Waals surface area contributed by atoms with E-state index in [4.69, 9.17) is 5.73 Å². The maximum Gasteiger partial charge on any atom is 0.163 e. The first-order chi connectivity index (χ1) is 7.31. The summed E-state index contributed by atoms with van der Waals surface area (Å²) in [7, 11) is 0. The third kappa shape index (κ3) is 2.12. The zero-order chi connectivity index (χ0) is 10.7. The van der Waals surface area contributed by atoms with Gasteiger partial charge in [0, 0.05) is 18.2 Å². The molecule has 0 amide bonds. The van der Waals surface area contributed by atoms with E-state index in [1.54, 1.807) is 6.33 Å². The van der Waals surface area contributed by atoms with Crippen LogP contribution >= 0.6 is 0 Å². The molecule has 0 aromatic carbocycles. The zero-order valence-corrected chi connectivity index (χ0v) is 8.85. The molecule has 2 aromatic heterocycles. The smallest absolute Gasteiger partial charge is 0.163 e. The minimum absolute atomic E-state index is 0.730. The van der Waals surface area contributed by atoms with Gasteiger partial charge in [-0.05, 0) is 26.3 Å². The number of hydrogen-bond donors (Lipinski definition) is 1. The maximum atomic E-state index is 5.45. The van der Waals surface area contributed by atoms with Crippen molar-refractivity contribution >= 4 is 5.65 Å². The molecule has 0 unspecified atom stereocenters. The van der Waals surface area contributed by atoms with Gasteiger partial charge in [-0.3, -0.25) is 4.40 Å². The molecule has 0 aliphatic carbocycles. The second-order valence-electron chi connectivity index (χ2n) is 3.62. The number of nitrogens with zero attached hydrogens (tertiary/aromatic N) is 4. The van der Waals surface area contributed by atoms with Gasteiger partial charge in [0.25, 0.3) is 0 Å². The molecular weight excluding hydrogens is 190 g/mol. The van der Waals surface area contributed by atoms with Crippen molar-refractivity contribution in [3.63, 3.8) is 0 Å². The normalized spacial score (nSPS) is 11.1. The van der Waals surface area contributed by atoms with Gasteiger partial charge in [0.05, 0.1) is 0 Å². The second kappa shape index (κ2) is 4.35. The number of hydrogen-bond acceptors (Lipinski definition) is 4. The third-order valence-electron chi connectivity index (χ3n) is 2.36. The molecule has 5 nitrogen and oxygen atoms in total. The van der Waals surface area contributed by atoms with Crippen LogP contribution in [0.5, 0.6) is 0 Å². The summed E-state index contributed by atoms with van der Waals surface area (Å²) in [6, 6.07) is 1.93. The summed E-state index contributed by atoms with van der Waals surface area (Å²) in [5.74, 6) is 0.964. The predicted octanol–water partition coefficient (Wildman–Crippen LogP) is 0.714. The van der Waals surface area contributed by atoms with E-state index >= 15 is 0 Å². The number of unbranched alkanes of at least 4 members (excludes halogenated alkanes) is 1. The highest BCUT2D eigenvalue weighted by molar-refractivity contribution is 5.37. The Hall–Kier alpha value is -1.49. The predicted molar refractivity (Wildman–Crippen MR) is 57.5 cm³/mol. The molecule has 2 rings (SSSR count). The molecule has 0 spiro atoms. The lowest BCUT2D eigenvalue weighted by Crippen LogP contribution is -2.01. The van der Waals surface area contributed by atoms with E-state index in [0.29, 0.717) is 0 Å². The fourth-order valence-electron chi connectivity index (χ4n) is 1.53. The number of aryl methyl sites for hydroxylation is 2. The van der Waals surface area contributed by atoms with Crippen LogP contribution in [0.25, 0.3) is 5.65 Å². The van der Waals surface area contributed by atoms with Crippen molar-refractivity contribution in [1.82, 2.24) is 19.6 Å². The van der Waals surface area contributed by atoms with Gasteiger partial charge in [0.1, 0.15) is 12.2 Å². The molecule has 2 N–H and O–H groups in total. The van der Waals surface area contributed by atoms with Crippen molar-refractivity contribution in [3.05, 3.63) is 23.9 Å². The number of aromatic nitrogens is 4. The minimum atomic E-state index is 0.730. The third-order valence-corrected chi connectivity index (χ3v) is 2.36. The second-order valence-corrected chi connectivity index (χ2v) is 3.62. The van der Waals surface area contributed by atoms with Crippen LogP contribution in [-0.4, -0.2) is 26.1 Å². The van der Waals surface area contributed by atoms with Crippen LogP contribution in [0.1, 0.15) is 24.4 Å². The van der Waals surface area contributed by atoms with Crippen molar-refractivity contribution in [2.24, 2.45) is 5.73 Å². The highest BCUT2D eigenvalue weighted by Crippen LogP contribution is 2.06. The first-order valence-corrected chi connectivity index (χ1v) is 5.17. The molecule has 0 bridgehead atoms. The Morgan fingerprint density at radius 3 is 3.00 bits per heavy atom. The lowest BCUT2D eigenvalue weighted by molar-refractivity contribution is 0.708. The summed E-state index contributed by atoms with van der Waals surface area (Å²) >= 11 is 0. The molecule has 80 valence electrons. The van der Waals surface area contributed by atoms with Gasteiger partial charge in [0.15, 0.2) is 5.65 Å². The van der Waals surface area contributed by atoms with Crippen molar-refractivity contribution < 1.29 is 0 Å².